The third-order valence-electron chi connectivity index (χ3n) is 2.96. The van der Waals surface area contributed by atoms with E-state index in [-0.39, 0.29) is 18.2 Å². The minimum absolute atomic E-state index is 0.236. The zero-order valence-corrected chi connectivity index (χ0v) is 11.4. The van der Waals surface area contributed by atoms with E-state index in [0.29, 0.717) is 18.7 Å². The zero-order valence-electron chi connectivity index (χ0n) is 11.4. The van der Waals surface area contributed by atoms with Crippen molar-refractivity contribution in [2.75, 3.05) is 13.7 Å². The molecule has 1 amide bonds. The van der Waals surface area contributed by atoms with Crippen LogP contribution in [-0.2, 0) is 13.0 Å². The van der Waals surface area contributed by atoms with Crippen molar-refractivity contribution in [1.29, 1.82) is 0 Å². The Morgan fingerprint density at radius 1 is 1.30 bits per heavy atom. The highest BCUT2D eigenvalue weighted by atomic mass is 16.5. The molecule has 0 saturated carbocycles. The predicted octanol–water partition coefficient (Wildman–Crippen LogP) is 1.72. The van der Waals surface area contributed by atoms with Crippen molar-refractivity contribution < 1.29 is 13.9 Å². The fourth-order valence-corrected chi connectivity index (χ4v) is 1.92. The van der Waals surface area contributed by atoms with Crippen LogP contribution in [0.3, 0.4) is 0 Å². The van der Waals surface area contributed by atoms with Gasteiger partial charge in [0, 0.05) is 6.54 Å². The maximum atomic E-state index is 11.8. The molecular formula is C15H18N2O3. The second-order valence-electron chi connectivity index (χ2n) is 4.29. The average molecular weight is 274 g/mol. The minimum Gasteiger partial charge on any atom is -0.496 e. The number of nitrogens with two attached hydrogens (primary N) is 1. The molecule has 0 saturated heterocycles. The van der Waals surface area contributed by atoms with Crippen LogP contribution in [0.4, 0.5) is 0 Å². The maximum absolute atomic E-state index is 11.8. The molecule has 2 aromatic rings. The van der Waals surface area contributed by atoms with Crippen LogP contribution in [0.15, 0.2) is 40.8 Å². The van der Waals surface area contributed by atoms with Gasteiger partial charge in [0.25, 0.3) is 5.91 Å². The van der Waals surface area contributed by atoms with Gasteiger partial charge in [-0.2, -0.15) is 0 Å². The number of methoxy groups -OCH3 is 1. The summed E-state index contributed by atoms with van der Waals surface area (Å²) < 4.78 is 10.5. The van der Waals surface area contributed by atoms with E-state index in [4.69, 9.17) is 14.9 Å². The van der Waals surface area contributed by atoms with E-state index in [1.807, 2.05) is 24.3 Å². The number of hydrogen-bond donors (Lipinski definition) is 2. The lowest BCUT2D eigenvalue weighted by Gasteiger charge is -2.08. The van der Waals surface area contributed by atoms with Crippen molar-refractivity contribution in [3.05, 3.63) is 53.5 Å². The van der Waals surface area contributed by atoms with Gasteiger partial charge >= 0.3 is 0 Å². The Balaban J connectivity index is 1.87. The summed E-state index contributed by atoms with van der Waals surface area (Å²) in [4.78, 5) is 11.8. The minimum atomic E-state index is -0.236. The van der Waals surface area contributed by atoms with Crippen molar-refractivity contribution in [3.63, 3.8) is 0 Å². The number of amides is 1. The molecule has 20 heavy (non-hydrogen) atoms. The molecule has 1 heterocycles. The summed E-state index contributed by atoms with van der Waals surface area (Å²) in [5, 5.41) is 2.81. The van der Waals surface area contributed by atoms with E-state index >= 15 is 0 Å². The highest BCUT2D eigenvalue weighted by Crippen LogP contribution is 2.17. The summed E-state index contributed by atoms with van der Waals surface area (Å²) in [5.74, 6) is 1.47. The van der Waals surface area contributed by atoms with E-state index in [1.165, 1.54) is 0 Å². The summed E-state index contributed by atoms with van der Waals surface area (Å²) in [6, 6.07) is 11.1. The van der Waals surface area contributed by atoms with Gasteiger partial charge in [0.1, 0.15) is 11.5 Å². The van der Waals surface area contributed by atoms with E-state index in [0.717, 1.165) is 11.3 Å². The number of nitrogens with one attached hydrogen (secondary N) is 1. The van der Waals surface area contributed by atoms with Gasteiger partial charge in [0.2, 0.25) is 0 Å². The first-order chi connectivity index (χ1) is 9.74. The number of carbonyl (C=O) groups excluding carboxylic acids is 1. The third-order valence-corrected chi connectivity index (χ3v) is 2.96. The predicted molar refractivity (Wildman–Crippen MR) is 75.6 cm³/mol. The molecule has 0 spiro atoms. The smallest absolute Gasteiger partial charge is 0.287 e. The van der Waals surface area contributed by atoms with Gasteiger partial charge in [-0.1, -0.05) is 18.2 Å². The third kappa shape index (κ3) is 3.39. The Bertz CT molecular complexity index is 578. The molecule has 0 atom stereocenters. The molecule has 1 aromatic carbocycles. The molecule has 3 N–H and O–H groups in total. The number of benzene rings is 1. The molecule has 0 aliphatic heterocycles. The van der Waals surface area contributed by atoms with Gasteiger partial charge in [0.15, 0.2) is 5.76 Å². The van der Waals surface area contributed by atoms with Crippen molar-refractivity contribution in [1.82, 2.24) is 5.32 Å². The first-order valence-electron chi connectivity index (χ1n) is 6.43. The molecule has 0 radical (unpaired) electrons. The molecule has 2 rings (SSSR count). The van der Waals surface area contributed by atoms with E-state index in [2.05, 4.69) is 5.32 Å². The van der Waals surface area contributed by atoms with Crippen LogP contribution in [0.1, 0.15) is 21.9 Å². The van der Waals surface area contributed by atoms with Crippen molar-refractivity contribution in [2.24, 2.45) is 5.73 Å². The Hall–Kier alpha value is -2.27. The topological polar surface area (TPSA) is 77.5 Å². The molecular weight excluding hydrogens is 256 g/mol. The van der Waals surface area contributed by atoms with Crippen LogP contribution in [0.2, 0.25) is 0 Å². The highest BCUT2D eigenvalue weighted by Gasteiger charge is 2.10. The number of carbonyl (C=O) groups is 1. The van der Waals surface area contributed by atoms with E-state index < -0.39 is 0 Å². The fourth-order valence-electron chi connectivity index (χ4n) is 1.92. The van der Waals surface area contributed by atoms with E-state index in [1.54, 1.807) is 19.2 Å². The van der Waals surface area contributed by atoms with Crippen molar-refractivity contribution in [3.8, 4) is 5.75 Å². The normalized spacial score (nSPS) is 10.3. The lowest BCUT2D eigenvalue weighted by atomic mass is 10.1. The second-order valence-corrected chi connectivity index (χ2v) is 4.29. The Labute approximate surface area is 117 Å². The van der Waals surface area contributed by atoms with Gasteiger partial charge in [-0.15, -0.1) is 0 Å². The van der Waals surface area contributed by atoms with Crippen molar-refractivity contribution in [2.45, 2.75) is 13.0 Å². The molecule has 0 bridgehead atoms. The van der Waals surface area contributed by atoms with Crippen LogP contribution in [0, 0.1) is 0 Å². The maximum Gasteiger partial charge on any atom is 0.287 e. The SMILES string of the molecule is COc1ccccc1CCNC(=O)c1ccc(CN)o1. The molecule has 0 aliphatic carbocycles. The lowest BCUT2D eigenvalue weighted by Crippen LogP contribution is -2.25. The first kappa shape index (κ1) is 14.1. The summed E-state index contributed by atoms with van der Waals surface area (Å²) >= 11 is 0. The molecule has 5 heteroatoms. The van der Waals surface area contributed by atoms with Gasteiger partial charge < -0.3 is 20.2 Å². The molecule has 0 unspecified atom stereocenters. The standard InChI is InChI=1S/C15H18N2O3/c1-19-13-5-3-2-4-11(13)8-9-17-15(18)14-7-6-12(10-16)20-14/h2-7H,8-10,16H2,1H3,(H,17,18). The summed E-state index contributed by atoms with van der Waals surface area (Å²) in [6.07, 6.45) is 0.695. The molecule has 1 aromatic heterocycles. The fraction of sp³-hybridized carbons (Fsp3) is 0.267. The Morgan fingerprint density at radius 3 is 2.80 bits per heavy atom. The molecule has 106 valence electrons. The largest absolute Gasteiger partial charge is 0.496 e. The van der Waals surface area contributed by atoms with Crippen LogP contribution >= 0.6 is 0 Å². The van der Waals surface area contributed by atoms with Gasteiger partial charge in [-0.25, -0.2) is 0 Å². The van der Waals surface area contributed by atoms with Crippen LogP contribution < -0.4 is 15.8 Å². The van der Waals surface area contributed by atoms with Gasteiger partial charge in [0.05, 0.1) is 13.7 Å². The van der Waals surface area contributed by atoms with Crippen LogP contribution in [-0.4, -0.2) is 19.6 Å². The zero-order chi connectivity index (χ0) is 14.4. The summed E-state index contributed by atoms with van der Waals surface area (Å²) in [7, 11) is 1.63. The number of rotatable bonds is 6. The number of furan rings is 1. The lowest BCUT2D eigenvalue weighted by molar-refractivity contribution is 0.0924. The van der Waals surface area contributed by atoms with Crippen molar-refractivity contribution >= 4 is 5.91 Å². The number of ether oxygens (including phenoxy) is 1. The van der Waals surface area contributed by atoms with Crippen LogP contribution in [0.25, 0.3) is 0 Å². The molecule has 0 fully saturated rings. The molecule has 5 nitrogen and oxygen atoms in total. The first-order valence-corrected chi connectivity index (χ1v) is 6.43. The van der Waals surface area contributed by atoms with Crippen LogP contribution in [0.5, 0.6) is 5.75 Å². The average Bonchev–Trinajstić information content (AvgIpc) is 2.96. The number of para-hydroxylation sites is 1. The molecule has 0 aliphatic rings. The Kier molecular flexibility index (Phi) is 4.79. The summed E-state index contributed by atoms with van der Waals surface area (Å²) in [5.41, 5.74) is 6.49. The summed E-state index contributed by atoms with van der Waals surface area (Å²) in [6.45, 7) is 0.798. The quantitative estimate of drug-likeness (QED) is 0.840. The van der Waals surface area contributed by atoms with Gasteiger partial charge in [-0.3, -0.25) is 4.79 Å². The van der Waals surface area contributed by atoms with E-state index in [9.17, 15) is 4.79 Å². The number of hydrogen-bond acceptors (Lipinski definition) is 4. The second kappa shape index (κ2) is 6.77. The monoisotopic (exact) mass is 274 g/mol. The Morgan fingerprint density at radius 2 is 2.10 bits per heavy atom. The van der Waals surface area contributed by atoms with Gasteiger partial charge in [-0.05, 0) is 30.2 Å². The highest BCUT2D eigenvalue weighted by molar-refractivity contribution is 5.91.